The van der Waals surface area contributed by atoms with Crippen LogP contribution in [0.3, 0.4) is 0 Å². The Hall–Kier alpha value is -0.680. The molecule has 6 heteroatoms. The Kier molecular flexibility index (Phi) is 10.6. The Morgan fingerprint density at radius 1 is 1.38 bits per heavy atom. The van der Waals surface area contributed by atoms with E-state index in [2.05, 4.69) is 5.43 Å². The number of halogens is 2. The molecule has 0 atom stereocenters. The number of hydrogen-bond donors (Lipinski definition) is 3. The van der Waals surface area contributed by atoms with E-state index in [9.17, 15) is 0 Å². The molecule has 1 aromatic rings. The summed E-state index contributed by atoms with van der Waals surface area (Å²) in [6, 6.07) is 5.57. The average Bonchev–Trinajstić information content (AvgIpc) is 2.21. The lowest BCUT2D eigenvalue weighted by molar-refractivity contribution is 0.292. The summed E-state index contributed by atoms with van der Waals surface area (Å²) in [7, 11) is 0. The van der Waals surface area contributed by atoms with Crippen LogP contribution in [0.2, 0.25) is 0 Å². The Labute approximate surface area is 108 Å². The summed E-state index contributed by atoms with van der Waals surface area (Å²) in [4.78, 5) is 0. The van der Waals surface area contributed by atoms with Crippen molar-refractivity contribution in [2.24, 2.45) is 5.84 Å². The van der Waals surface area contributed by atoms with E-state index >= 15 is 0 Å². The third-order valence-corrected chi connectivity index (χ3v) is 1.91. The highest BCUT2D eigenvalue weighted by molar-refractivity contribution is 5.85. The minimum atomic E-state index is 0. The molecule has 1 rings (SSSR count). The average molecular weight is 269 g/mol. The zero-order valence-corrected chi connectivity index (χ0v) is 10.7. The summed E-state index contributed by atoms with van der Waals surface area (Å²) < 4.78 is 5.41. The lowest BCUT2D eigenvalue weighted by atomic mass is 10.1. The van der Waals surface area contributed by atoms with Crippen LogP contribution >= 0.6 is 24.8 Å². The van der Waals surface area contributed by atoms with Crippen molar-refractivity contribution in [3.05, 3.63) is 23.8 Å². The van der Waals surface area contributed by atoms with Crippen molar-refractivity contribution >= 4 is 30.5 Å². The number of hydrazine groups is 1. The summed E-state index contributed by atoms with van der Waals surface area (Å²) in [5, 5.41) is 8.87. The molecule has 0 radical (unpaired) electrons. The van der Waals surface area contributed by atoms with Crippen molar-refractivity contribution in [2.45, 2.75) is 13.3 Å². The fraction of sp³-hybridized carbons (Fsp3) is 0.400. The van der Waals surface area contributed by atoms with Gasteiger partial charge in [-0.2, -0.15) is 0 Å². The van der Waals surface area contributed by atoms with Crippen LogP contribution in [0.4, 0.5) is 5.69 Å². The zero-order valence-electron chi connectivity index (χ0n) is 9.10. The smallest absolute Gasteiger partial charge is 0.122 e. The number of aliphatic hydroxyl groups is 1. The lowest BCUT2D eigenvalue weighted by Crippen LogP contribution is -2.08. The van der Waals surface area contributed by atoms with E-state index in [4.69, 9.17) is 15.7 Å². The van der Waals surface area contributed by atoms with Gasteiger partial charge < -0.3 is 15.3 Å². The lowest BCUT2D eigenvalue weighted by Gasteiger charge is -2.10. The molecule has 4 nitrogen and oxygen atoms in total. The Balaban J connectivity index is 0. The highest BCUT2D eigenvalue weighted by Crippen LogP contribution is 2.22. The van der Waals surface area contributed by atoms with E-state index in [-0.39, 0.29) is 31.4 Å². The Morgan fingerprint density at radius 2 is 2.06 bits per heavy atom. The molecule has 16 heavy (non-hydrogen) atoms. The van der Waals surface area contributed by atoms with E-state index in [1.54, 1.807) is 0 Å². The first-order valence-corrected chi connectivity index (χ1v) is 4.65. The summed E-state index contributed by atoms with van der Waals surface area (Å²) in [6.07, 6.45) is 0.574. The summed E-state index contributed by atoms with van der Waals surface area (Å²) in [5.41, 5.74) is 4.34. The molecule has 0 unspecified atom stereocenters. The van der Waals surface area contributed by atoms with Crippen LogP contribution in [0.25, 0.3) is 0 Å². The van der Waals surface area contributed by atoms with Crippen LogP contribution in [-0.2, 0) is 6.42 Å². The van der Waals surface area contributed by atoms with Gasteiger partial charge in [0.05, 0.1) is 6.61 Å². The highest BCUT2D eigenvalue weighted by atomic mass is 35.5. The molecule has 0 saturated heterocycles. The molecule has 0 heterocycles. The highest BCUT2D eigenvalue weighted by Gasteiger charge is 2.03. The van der Waals surface area contributed by atoms with Crippen molar-refractivity contribution in [1.82, 2.24) is 0 Å². The molecule has 0 aliphatic carbocycles. The van der Waals surface area contributed by atoms with Crippen LogP contribution in [0, 0.1) is 0 Å². The molecular formula is C10H18Cl2N2O2. The topological polar surface area (TPSA) is 67.5 Å². The molecule has 0 aliphatic heterocycles. The van der Waals surface area contributed by atoms with Gasteiger partial charge in [0, 0.05) is 12.3 Å². The van der Waals surface area contributed by atoms with E-state index < -0.39 is 0 Å². The maximum Gasteiger partial charge on any atom is 0.122 e. The standard InChI is InChI=1S/C10H16N2O2.2ClH/c1-2-14-10-4-3-9(12-11)7-8(10)5-6-13;;/h3-4,7,12-13H,2,5-6,11H2,1H3;2*1H. The van der Waals surface area contributed by atoms with Gasteiger partial charge in [0.15, 0.2) is 0 Å². The number of ether oxygens (including phenoxy) is 1. The zero-order chi connectivity index (χ0) is 10.4. The van der Waals surface area contributed by atoms with E-state index in [0.29, 0.717) is 13.0 Å². The predicted molar refractivity (Wildman–Crippen MR) is 70.7 cm³/mol. The van der Waals surface area contributed by atoms with Gasteiger partial charge in [-0.15, -0.1) is 24.8 Å². The van der Waals surface area contributed by atoms with Crippen molar-refractivity contribution in [3.63, 3.8) is 0 Å². The molecule has 0 saturated carbocycles. The predicted octanol–water partition coefficient (Wildman–Crippen LogP) is 1.75. The van der Waals surface area contributed by atoms with Crippen LogP contribution in [0.1, 0.15) is 12.5 Å². The summed E-state index contributed by atoms with van der Waals surface area (Å²) in [5.74, 6) is 6.09. The number of nitrogens with two attached hydrogens (primary N) is 1. The molecule has 0 aromatic heterocycles. The quantitative estimate of drug-likeness (QED) is 0.562. The van der Waals surface area contributed by atoms with Crippen molar-refractivity contribution < 1.29 is 9.84 Å². The van der Waals surface area contributed by atoms with Gasteiger partial charge in [0.1, 0.15) is 5.75 Å². The molecule has 1 aromatic carbocycles. The Morgan fingerprint density at radius 3 is 2.56 bits per heavy atom. The first-order chi connectivity index (χ1) is 6.81. The number of nitrogens with one attached hydrogen (secondary N) is 1. The maximum atomic E-state index is 8.87. The van der Waals surface area contributed by atoms with Gasteiger partial charge in [-0.05, 0) is 37.1 Å². The maximum absolute atomic E-state index is 8.87. The van der Waals surface area contributed by atoms with Gasteiger partial charge >= 0.3 is 0 Å². The third kappa shape index (κ3) is 4.90. The number of benzene rings is 1. The second-order valence-electron chi connectivity index (χ2n) is 2.87. The van der Waals surface area contributed by atoms with E-state index in [1.165, 1.54) is 0 Å². The number of nitrogen functional groups attached to an aromatic ring is 1. The summed E-state index contributed by atoms with van der Waals surface area (Å²) >= 11 is 0. The van der Waals surface area contributed by atoms with Gasteiger partial charge in [0.2, 0.25) is 0 Å². The fourth-order valence-electron chi connectivity index (χ4n) is 1.28. The first kappa shape index (κ1) is 17.7. The molecule has 0 aliphatic rings. The van der Waals surface area contributed by atoms with Gasteiger partial charge in [0.25, 0.3) is 0 Å². The van der Waals surface area contributed by atoms with Gasteiger partial charge in [-0.25, -0.2) is 0 Å². The van der Waals surface area contributed by atoms with Crippen LogP contribution in [0.5, 0.6) is 5.75 Å². The second-order valence-corrected chi connectivity index (χ2v) is 2.87. The van der Waals surface area contributed by atoms with Crippen molar-refractivity contribution in [3.8, 4) is 5.75 Å². The van der Waals surface area contributed by atoms with E-state index in [1.807, 2.05) is 25.1 Å². The largest absolute Gasteiger partial charge is 0.494 e. The number of hydrogen-bond acceptors (Lipinski definition) is 4. The number of rotatable bonds is 5. The van der Waals surface area contributed by atoms with Crippen molar-refractivity contribution in [1.29, 1.82) is 0 Å². The molecule has 0 bridgehead atoms. The molecular weight excluding hydrogens is 251 g/mol. The molecule has 0 spiro atoms. The fourth-order valence-corrected chi connectivity index (χ4v) is 1.28. The van der Waals surface area contributed by atoms with Crippen LogP contribution < -0.4 is 16.0 Å². The first-order valence-electron chi connectivity index (χ1n) is 4.65. The second kappa shape index (κ2) is 9.54. The number of aliphatic hydroxyl groups excluding tert-OH is 1. The third-order valence-electron chi connectivity index (χ3n) is 1.91. The van der Waals surface area contributed by atoms with Gasteiger partial charge in [-0.1, -0.05) is 0 Å². The van der Waals surface area contributed by atoms with E-state index in [0.717, 1.165) is 17.0 Å². The SMILES string of the molecule is CCOc1ccc(NN)cc1CCO.Cl.Cl. The molecule has 0 fully saturated rings. The monoisotopic (exact) mass is 268 g/mol. The normalized spacial score (nSPS) is 8.69. The van der Waals surface area contributed by atoms with Crippen LogP contribution in [0.15, 0.2) is 18.2 Å². The minimum Gasteiger partial charge on any atom is -0.494 e. The Bertz CT molecular complexity index is 298. The van der Waals surface area contributed by atoms with Crippen LogP contribution in [-0.4, -0.2) is 18.3 Å². The summed E-state index contributed by atoms with van der Waals surface area (Å²) in [6.45, 7) is 2.65. The molecule has 94 valence electrons. The number of anilines is 1. The van der Waals surface area contributed by atoms with Crippen molar-refractivity contribution in [2.75, 3.05) is 18.6 Å². The minimum absolute atomic E-state index is 0. The molecule has 4 N–H and O–H groups in total. The van der Waals surface area contributed by atoms with Gasteiger partial charge in [-0.3, -0.25) is 5.84 Å². The molecule has 0 amide bonds.